The van der Waals surface area contributed by atoms with E-state index in [4.69, 9.17) is 24.5 Å². The number of nitriles is 1. The second kappa shape index (κ2) is 13.2. The van der Waals surface area contributed by atoms with Crippen LogP contribution in [0.1, 0.15) is 52.3 Å². The first-order valence-corrected chi connectivity index (χ1v) is 15.1. The van der Waals surface area contributed by atoms with Gasteiger partial charge in [0.25, 0.3) is 0 Å². The predicted molar refractivity (Wildman–Crippen MR) is 162 cm³/mol. The summed E-state index contributed by atoms with van der Waals surface area (Å²) in [7, 11) is 1.33. The summed E-state index contributed by atoms with van der Waals surface area (Å²) in [4.78, 5) is 25.5. The highest BCUT2D eigenvalue weighted by atomic mass is 19.4. The number of benzene rings is 2. The van der Waals surface area contributed by atoms with Crippen LogP contribution >= 0.6 is 0 Å². The van der Waals surface area contributed by atoms with Crippen molar-refractivity contribution in [3.63, 3.8) is 0 Å². The zero-order chi connectivity index (χ0) is 33.3. The molecule has 0 spiro atoms. The van der Waals surface area contributed by atoms with Gasteiger partial charge in [-0.25, -0.2) is 14.2 Å². The zero-order valence-corrected chi connectivity index (χ0v) is 25.8. The number of hydrogen-bond acceptors (Lipinski definition) is 9. The summed E-state index contributed by atoms with van der Waals surface area (Å²) >= 11 is 0. The number of aromatic nitrogens is 3. The van der Waals surface area contributed by atoms with E-state index in [-0.39, 0.29) is 41.6 Å². The fraction of sp³-hybridized carbons (Fsp3) is 0.394. The van der Waals surface area contributed by atoms with Crippen LogP contribution in [0.4, 0.5) is 23.4 Å². The number of fused-ring (bicyclic) bond motifs is 1. The standard InChI is InChI=1S/C33H32F4N6O4/c1-20(31-39-27-6-5-22(32(44)45-2)14-28(27)43(31)18-25-7-12-46-25)41-8-10-42(11-9-41)29-15-24(33(35,36)37)16-30(40-29)47-19-23-4-3-21(17-38)13-26(23)34/h3-6,13-16,20,25H,7-12,18-19H2,1-2H3/t20?,25-/m0/s1. The molecule has 0 aliphatic carbocycles. The lowest BCUT2D eigenvalue weighted by Gasteiger charge is -2.39. The number of nitrogens with zero attached hydrogens (tertiary/aromatic N) is 6. The van der Waals surface area contributed by atoms with E-state index in [1.54, 1.807) is 23.1 Å². The highest BCUT2D eigenvalue weighted by molar-refractivity contribution is 5.93. The molecule has 246 valence electrons. The van der Waals surface area contributed by atoms with Crippen LogP contribution in [0.2, 0.25) is 0 Å². The summed E-state index contributed by atoms with van der Waals surface area (Å²) in [6, 6.07) is 12.5. The minimum Gasteiger partial charge on any atom is -0.473 e. The number of alkyl halides is 3. The van der Waals surface area contributed by atoms with Gasteiger partial charge >= 0.3 is 12.1 Å². The molecule has 2 atom stereocenters. The minimum atomic E-state index is -4.65. The van der Waals surface area contributed by atoms with Crippen LogP contribution in [0, 0.1) is 17.1 Å². The second-order valence-electron chi connectivity index (χ2n) is 11.5. The van der Waals surface area contributed by atoms with Crippen LogP contribution in [0.15, 0.2) is 48.5 Å². The van der Waals surface area contributed by atoms with E-state index in [2.05, 4.69) is 14.5 Å². The molecule has 2 aromatic carbocycles. The molecule has 4 heterocycles. The Morgan fingerprint density at radius 1 is 1.11 bits per heavy atom. The van der Waals surface area contributed by atoms with Crippen molar-refractivity contribution in [1.82, 2.24) is 19.4 Å². The van der Waals surface area contributed by atoms with Crippen LogP contribution in [-0.4, -0.2) is 71.4 Å². The molecule has 6 rings (SSSR count). The third-order valence-electron chi connectivity index (χ3n) is 8.61. The summed E-state index contributed by atoms with van der Waals surface area (Å²) < 4.78 is 74.2. The van der Waals surface area contributed by atoms with Gasteiger partial charge in [0.1, 0.15) is 24.1 Å². The lowest BCUT2D eigenvalue weighted by molar-refractivity contribution is -0.137. The summed E-state index contributed by atoms with van der Waals surface area (Å²) in [5, 5.41) is 8.95. The number of piperazine rings is 1. The molecule has 0 saturated carbocycles. The SMILES string of the molecule is COC(=O)c1ccc2nc(C(C)N3CCN(c4cc(C(F)(F)F)cc(OCc5ccc(C#N)cc5F)n4)CC3)n(C[C@@H]3CCO3)c2c1. The lowest BCUT2D eigenvalue weighted by atomic mass is 10.1. The Hall–Kier alpha value is -4.74. The van der Waals surface area contributed by atoms with Crippen LogP contribution in [0.25, 0.3) is 11.0 Å². The van der Waals surface area contributed by atoms with Gasteiger partial charge in [-0.15, -0.1) is 0 Å². The van der Waals surface area contributed by atoms with Crippen LogP contribution in [-0.2, 0) is 28.8 Å². The number of halogens is 4. The third-order valence-corrected chi connectivity index (χ3v) is 8.61. The normalized spacial score (nSPS) is 17.6. The predicted octanol–water partition coefficient (Wildman–Crippen LogP) is 5.50. The molecule has 10 nitrogen and oxygen atoms in total. The smallest absolute Gasteiger partial charge is 0.416 e. The first-order chi connectivity index (χ1) is 22.5. The van der Waals surface area contributed by atoms with Crippen LogP contribution in [0.3, 0.4) is 0 Å². The maximum atomic E-state index is 14.4. The number of methoxy groups -OCH3 is 1. The summed E-state index contributed by atoms with van der Waals surface area (Å²) in [6.45, 7) is 4.76. The van der Waals surface area contributed by atoms with Gasteiger partial charge in [0.15, 0.2) is 0 Å². The zero-order valence-electron chi connectivity index (χ0n) is 25.8. The van der Waals surface area contributed by atoms with Crippen molar-refractivity contribution in [2.45, 2.75) is 44.8 Å². The molecule has 0 amide bonds. The molecule has 47 heavy (non-hydrogen) atoms. The maximum Gasteiger partial charge on any atom is 0.416 e. The fourth-order valence-electron chi connectivity index (χ4n) is 5.81. The van der Waals surface area contributed by atoms with Crippen LogP contribution in [0.5, 0.6) is 5.88 Å². The number of carbonyl (C=O) groups is 1. The monoisotopic (exact) mass is 652 g/mol. The van der Waals surface area contributed by atoms with Crippen molar-refractivity contribution in [3.8, 4) is 11.9 Å². The average molecular weight is 653 g/mol. The van der Waals surface area contributed by atoms with Gasteiger partial charge in [0.05, 0.1) is 59.6 Å². The van der Waals surface area contributed by atoms with Gasteiger partial charge in [0.2, 0.25) is 5.88 Å². The molecule has 2 aliphatic heterocycles. The van der Waals surface area contributed by atoms with Gasteiger partial charge in [-0.1, -0.05) is 6.07 Å². The first kappa shape index (κ1) is 32.2. The Morgan fingerprint density at radius 3 is 2.51 bits per heavy atom. The largest absolute Gasteiger partial charge is 0.473 e. The van der Waals surface area contributed by atoms with E-state index in [0.29, 0.717) is 44.9 Å². The van der Waals surface area contributed by atoms with E-state index in [9.17, 15) is 22.4 Å². The molecule has 2 saturated heterocycles. The van der Waals surface area contributed by atoms with Gasteiger partial charge < -0.3 is 23.7 Å². The van der Waals surface area contributed by atoms with Crippen molar-refractivity contribution < 1.29 is 36.6 Å². The van der Waals surface area contributed by atoms with Crippen LogP contribution < -0.4 is 9.64 Å². The van der Waals surface area contributed by atoms with Crippen molar-refractivity contribution in [2.75, 3.05) is 44.8 Å². The Bertz CT molecular complexity index is 1830. The summed E-state index contributed by atoms with van der Waals surface area (Å²) in [6.07, 6.45) is -3.70. The Morgan fingerprint density at radius 2 is 1.87 bits per heavy atom. The second-order valence-corrected chi connectivity index (χ2v) is 11.5. The summed E-state index contributed by atoms with van der Waals surface area (Å²) in [5.41, 5.74) is 1.24. The minimum absolute atomic E-state index is 0.0359. The van der Waals surface area contributed by atoms with Gasteiger partial charge in [-0.3, -0.25) is 4.90 Å². The number of anilines is 1. The van der Waals surface area contributed by atoms with E-state index in [0.717, 1.165) is 41.5 Å². The number of pyridine rings is 1. The fourth-order valence-corrected chi connectivity index (χ4v) is 5.81. The summed E-state index contributed by atoms with van der Waals surface area (Å²) in [5.74, 6) is -0.517. The van der Waals surface area contributed by atoms with Gasteiger partial charge in [-0.2, -0.15) is 23.4 Å². The van der Waals surface area contributed by atoms with E-state index >= 15 is 0 Å². The molecule has 1 unspecified atom stereocenters. The first-order valence-electron chi connectivity index (χ1n) is 15.1. The number of carbonyl (C=O) groups excluding carboxylic acids is 1. The molecular weight excluding hydrogens is 620 g/mol. The number of rotatable bonds is 9. The van der Waals surface area contributed by atoms with Gasteiger partial charge in [0, 0.05) is 44.4 Å². The Balaban J connectivity index is 1.20. The topological polar surface area (TPSA) is 106 Å². The highest BCUT2D eigenvalue weighted by Gasteiger charge is 2.34. The number of esters is 1. The van der Waals surface area contributed by atoms with Crippen molar-refractivity contribution in [2.24, 2.45) is 0 Å². The number of imidazole rings is 1. The molecule has 2 fully saturated rings. The van der Waals surface area contributed by atoms with E-state index < -0.39 is 23.5 Å². The van der Waals surface area contributed by atoms with E-state index in [1.807, 2.05) is 13.0 Å². The molecule has 4 aromatic rings. The quantitative estimate of drug-likeness (QED) is 0.171. The van der Waals surface area contributed by atoms with Crippen molar-refractivity contribution in [1.29, 1.82) is 5.26 Å². The lowest BCUT2D eigenvalue weighted by Crippen LogP contribution is -2.48. The van der Waals surface area contributed by atoms with Crippen molar-refractivity contribution >= 4 is 22.8 Å². The number of hydrogen-bond donors (Lipinski definition) is 0. The average Bonchev–Trinajstić information content (AvgIpc) is 3.42. The van der Waals surface area contributed by atoms with E-state index in [1.165, 1.54) is 19.2 Å². The van der Waals surface area contributed by atoms with Crippen molar-refractivity contribution in [3.05, 3.63) is 82.4 Å². The number of ether oxygens (including phenoxy) is 3. The highest BCUT2D eigenvalue weighted by Crippen LogP contribution is 2.35. The Kier molecular flexibility index (Phi) is 9.03. The molecule has 0 radical (unpaired) electrons. The molecule has 0 bridgehead atoms. The maximum absolute atomic E-state index is 14.4. The molecule has 2 aromatic heterocycles. The third kappa shape index (κ3) is 6.86. The van der Waals surface area contributed by atoms with Gasteiger partial charge in [-0.05, 0) is 49.7 Å². The molecule has 2 aliphatic rings. The Labute approximate surface area is 268 Å². The molecule has 14 heteroatoms. The molecular formula is C33H32F4N6O4. The molecule has 0 N–H and O–H groups in total.